The van der Waals surface area contributed by atoms with Gasteiger partial charge in [0.05, 0.1) is 12.2 Å². The molecule has 1 aromatic rings. The maximum absolute atomic E-state index is 10.8. The molecule has 0 atom stereocenters. The largest absolute Gasteiger partial charge is 0.493 e. The van der Waals surface area contributed by atoms with Gasteiger partial charge in [-0.2, -0.15) is 0 Å². The van der Waals surface area contributed by atoms with Crippen LogP contribution in [0, 0.1) is 0 Å². The predicted octanol–water partition coefficient (Wildman–Crippen LogP) is 3.90. The molecule has 1 heterocycles. The monoisotopic (exact) mass is 280 g/mol. The lowest BCUT2D eigenvalue weighted by Gasteiger charge is -2.27. The number of benzene rings is 1. The van der Waals surface area contributed by atoms with E-state index in [1.807, 2.05) is 12.1 Å². The van der Waals surface area contributed by atoms with Crippen molar-refractivity contribution in [2.45, 2.75) is 57.0 Å². The van der Waals surface area contributed by atoms with Crippen LogP contribution < -0.4 is 4.74 Å². The predicted molar refractivity (Wildman–Crippen MR) is 77.0 cm³/mol. The van der Waals surface area contributed by atoms with Crippen LogP contribution in [0.1, 0.15) is 49.7 Å². The van der Waals surface area contributed by atoms with Gasteiger partial charge >= 0.3 is 0 Å². The molecule has 19 heavy (non-hydrogen) atoms. The quantitative estimate of drug-likeness (QED) is 0.833. The summed E-state index contributed by atoms with van der Waals surface area (Å²) in [5.41, 5.74) is 1.71. The van der Waals surface area contributed by atoms with E-state index in [4.69, 9.17) is 16.3 Å². The normalized spacial score (nSPS) is 21.6. The SMILES string of the molecule is OC1(Cc2cc(Cl)cc3c2OCC3)CCCCCC1. The highest BCUT2D eigenvalue weighted by Gasteiger charge is 2.30. The van der Waals surface area contributed by atoms with Gasteiger partial charge in [0.1, 0.15) is 5.75 Å². The van der Waals surface area contributed by atoms with Gasteiger partial charge in [0.2, 0.25) is 0 Å². The Hall–Kier alpha value is -0.730. The molecule has 1 aliphatic heterocycles. The Bertz CT molecular complexity index is 462. The second kappa shape index (κ2) is 5.34. The molecule has 2 nitrogen and oxygen atoms in total. The summed E-state index contributed by atoms with van der Waals surface area (Å²) in [4.78, 5) is 0. The van der Waals surface area contributed by atoms with Gasteiger partial charge in [0, 0.05) is 17.9 Å². The van der Waals surface area contributed by atoms with Crippen molar-refractivity contribution in [2.75, 3.05) is 6.61 Å². The number of hydrogen-bond donors (Lipinski definition) is 1. The Morgan fingerprint density at radius 2 is 1.89 bits per heavy atom. The van der Waals surface area contributed by atoms with E-state index >= 15 is 0 Å². The molecule has 1 N–H and O–H groups in total. The molecule has 2 aliphatic rings. The zero-order valence-electron chi connectivity index (χ0n) is 11.3. The summed E-state index contributed by atoms with van der Waals surface area (Å²) in [7, 11) is 0. The summed E-state index contributed by atoms with van der Waals surface area (Å²) in [6.07, 6.45) is 8.14. The van der Waals surface area contributed by atoms with E-state index in [-0.39, 0.29) is 0 Å². The lowest BCUT2D eigenvalue weighted by molar-refractivity contribution is 0.0247. The topological polar surface area (TPSA) is 29.5 Å². The minimum absolute atomic E-state index is 0.569. The first kappa shape index (κ1) is 13.3. The first-order valence-corrected chi connectivity index (χ1v) is 7.71. The summed E-state index contributed by atoms with van der Waals surface area (Å²) in [6, 6.07) is 3.96. The molecule has 0 radical (unpaired) electrons. The number of hydrogen-bond acceptors (Lipinski definition) is 2. The number of ether oxygens (including phenoxy) is 1. The Labute approximate surface area is 119 Å². The van der Waals surface area contributed by atoms with Gasteiger partial charge in [-0.15, -0.1) is 0 Å². The highest BCUT2D eigenvalue weighted by molar-refractivity contribution is 6.30. The molecule has 1 aliphatic carbocycles. The van der Waals surface area contributed by atoms with Crippen LogP contribution in [0.4, 0.5) is 0 Å². The molecule has 104 valence electrons. The average Bonchev–Trinajstić information content (AvgIpc) is 2.72. The fourth-order valence-electron chi connectivity index (χ4n) is 3.40. The lowest BCUT2D eigenvalue weighted by atomic mass is 9.86. The number of rotatable bonds is 2. The zero-order valence-corrected chi connectivity index (χ0v) is 12.0. The summed E-state index contributed by atoms with van der Waals surface area (Å²) >= 11 is 6.19. The maximum atomic E-state index is 10.8. The van der Waals surface area contributed by atoms with Crippen molar-refractivity contribution in [3.63, 3.8) is 0 Å². The van der Waals surface area contributed by atoms with Crippen molar-refractivity contribution in [3.8, 4) is 5.75 Å². The van der Waals surface area contributed by atoms with Gasteiger partial charge in [0.15, 0.2) is 0 Å². The fraction of sp³-hybridized carbons (Fsp3) is 0.625. The van der Waals surface area contributed by atoms with Crippen LogP contribution in [-0.2, 0) is 12.8 Å². The summed E-state index contributed by atoms with van der Waals surface area (Å²) in [6.45, 7) is 0.737. The molecule has 1 saturated carbocycles. The number of aliphatic hydroxyl groups is 1. The van der Waals surface area contributed by atoms with E-state index in [1.54, 1.807) is 0 Å². The number of halogens is 1. The van der Waals surface area contributed by atoms with Crippen LogP contribution in [0.5, 0.6) is 5.75 Å². The third kappa shape index (κ3) is 2.90. The van der Waals surface area contributed by atoms with E-state index in [0.29, 0.717) is 6.42 Å². The minimum Gasteiger partial charge on any atom is -0.493 e. The van der Waals surface area contributed by atoms with E-state index < -0.39 is 5.60 Å². The Kier molecular flexibility index (Phi) is 3.72. The highest BCUT2D eigenvalue weighted by Crippen LogP contribution is 2.38. The molecule has 0 amide bonds. The van der Waals surface area contributed by atoms with Crippen molar-refractivity contribution in [1.29, 1.82) is 0 Å². The molecule has 0 unspecified atom stereocenters. The van der Waals surface area contributed by atoms with Crippen molar-refractivity contribution in [1.82, 2.24) is 0 Å². The van der Waals surface area contributed by atoms with E-state index in [2.05, 4.69) is 0 Å². The third-order valence-electron chi connectivity index (χ3n) is 4.38. The van der Waals surface area contributed by atoms with Crippen molar-refractivity contribution >= 4 is 11.6 Å². The average molecular weight is 281 g/mol. The number of fused-ring (bicyclic) bond motifs is 1. The minimum atomic E-state index is -0.569. The van der Waals surface area contributed by atoms with Crippen LogP contribution >= 0.6 is 11.6 Å². The van der Waals surface area contributed by atoms with Crippen molar-refractivity contribution < 1.29 is 9.84 Å². The van der Waals surface area contributed by atoms with Gasteiger partial charge in [-0.25, -0.2) is 0 Å². The van der Waals surface area contributed by atoms with Crippen LogP contribution in [0.2, 0.25) is 5.02 Å². The second-order valence-corrected chi connectivity index (χ2v) is 6.40. The highest BCUT2D eigenvalue weighted by atomic mass is 35.5. The standard InChI is InChI=1S/C16H21ClO2/c17-14-9-12-5-8-19-15(12)13(10-14)11-16(18)6-3-1-2-4-7-16/h9-10,18H,1-8,11H2. The second-order valence-electron chi connectivity index (χ2n) is 5.97. The lowest BCUT2D eigenvalue weighted by Crippen LogP contribution is -2.30. The maximum Gasteiger partial charge on any atom is 0.126 e. The molecule has 1 aromatic carbocycles. The van der Waals surface area contributed by atoms with Crippen LogP contribution in [0.25, 0.3) is 0 Å². The zero-order chi connectivity index (χ0) is 13.3. The van der Waals surface area contributed by atoms with E-state index in [0.717, 1.165) is 55.0 Å². The first-order chi connectivity index (χ1) is 9.16. The van der Waals surface area contributed by atoms with E-state index in [1.165, 1.54) is 18.4 Å². The molecule has 3 heteroatoms. The summed E-state index contributed by atoms with van der Waals surface area (Å²) < 4.78 is 5.73. The van der Waals surface area contributed by atoms with Crippen LogP contribution in [-0.4, -0.2) is 17.3 Å². The fourth-order valence-corrected chi connectivity index (χ4v) is 3.66. The van der Waals surface area contributed by atoms with Gasteiger partial charge in [0.25, 0.3) is 0 Å². The smallest absolute Gasteiger partial charge is 0.126 e. The molecule has 0 bridgehead atoms. The van der Waals surface area contributed by atoms with Gasteiger partial charge in [-0.3, -0.25) is 0 Å². The molecule has 0 saturated heterocycles. The summed E-state index contributed by atoms with van der Waals surface area (Å²) in [5, 5.41) is 11.6. The van der Waals surface area contributed by atoms with Gasteiger partial charge in [-0.05, 0) is 36.1 Å². The molecule has 0 aromatic heterocycles. The molecule has 0 spiro atoms. The van der Waals surface area contributed by atoms with E-state index in [9.17, 15) is 5.11 Å². The summed E-state index contributed by atoms with van der Waals surface area (Å²) in [5.74, 6) is 0.974. The molecular formula is C16H21ClO2. The van der Waals surface area contributed by atoms with Crippen molar-refractivity contribution in [3.05, 3.63) is 28.3 Å². The Balaban J connectivity index is 1.86. The molecular weight excluding hydrogens is 260 g/mol. The van der Waals surface area contributed by atoms with Gasteiger partial charge in [-0.1, -0.05) is 37.3 Å². The van der Waals surface area contributed by atoms with Crippen LogP contribution in [0.15, 0.2) is 12.1 Å². The third-order valence-corrected chi connectivity index (χ3v) is 4.60. The molecule has 1 fully saturated rings. The van der Waals surface area contributed by atoms with Crippen LogP contribution in [0.3, 0.4) is 0 Å². The van der Waals surface area contributed by atoms with Gasteiger partial charge < -0.3 is 9.84 Å². The Morgan fingerprint density at radius 3 is 2.63 bits per heavy atom. The van der Waals surface area contributed by atoms with Crippen molar-refractivity contribution in [2.24, 2.45) is 0 Å². The Morgan fingerprint density at radius 1 is 1.16 bits per heavy atom. The first-order valence-electron chi connectivity index (χ1n) is 7.33. The molecule has 3 rings (SSSR count).